The molecule has 0 aliphatic carbocycles. The Morgan fingerprint density at radius 1 is 1.73 bits per heavy atom. The maximum atomic E-state index is 11.2. The molecular weight excluding hydrogens is 200 g/mol. The van der Waals surface area contributed by atoms with Crippen molar-refractivity contribution in [3.05, 3.63) is 12.4 Å². The third-order valence-corrected chi connectivity index (χ3v) is 1.61. The summed E-state index contributed by atoms with van der Waals surface area (Å²) in [5.74, 6) is -1.34. The molecule has 7 heteroatoms. The van der Waals surface area contributed by atoms with Gasteiger partial charge in [-0.3, -0.25) is 14.3 Å². The van der Waals surface area contributed by atoms with Gasteiger partial charge in [-0.1, -0.05) is 0 Å². The van der Waals surface area contributed by atoms with E-state index in [2.05, 4.69) is 10.4 Å². The van der Waals surface area contributed by atoms with E-state index in [1.807, 2.05) is 0 Å². The second-order valence-electron chi connectivity index (χ2n) is 3.10. The van der Waals surface area contributed by atoms with Gasteiger partial charge in [0.25, 0.3) is 0 Å². The van der Waals surface area contributed by atoms with E-state index in [-0.39, 0.29) is 12.5 Å². The van der Waals surface area contributed by atoms with Crippen molar-refractivity contribution in [1.82, 2.24) is 9.78 Å². The van der Waals surface area contributed by atoms with Gasteiger partial charge in [0, 0.05) is 6.20 Å². The molecule has 0 spiro atoms. The van der Waals surface area contributed by atoms with Crippen LogP contribution in [-0.2, 0) is 16.1 Å². The number of nitrogens with one attached hydrogen (secondary N) is 1. The van der Waals surface area contributed by atoms with E-state index in [1.54, 1.807) is 6.92 Å². The lowest BCUT2D eigenvalue weighted by molar-refractivity contribution is -0.137. The number of anilines is 1. The number of hydrogen-bond donors (Lipinski definition) is 3. The first-order valence-corrected chi connectivity index (χ1v) is 4.29. The van der Waals surface area contributed by atoms with E-state index in [4.69, 9.17) is 10.8 Å². The van der Waals surface area contributed by atoms with E-state index >= 15 is 0 Å². The predicted molar refractivity (Wildman–Crippen MR) is 52.1 cm³/mol. The van der Waals surface area contributed by atoms with Gasteiger partial charge in [0.15, 0.2) is 0 Å². The maximum absolute atomic E-state index is 11.2. The fraction of sp³-hybridized carbons (Fsp3) is 0.375. The molecule has 0 saturated heterocycles. The number of hydrogen-bond acceptors (Lipinski definition) is 4. The highest BCUT2D eigenvalue weighted by Crippen LogP contribution is 2.04. The second kappa shape index (κ2) is 4.56. The topological polar surface area (TPSA) is 110 Å². The SMILES string of the molecule is C[C@@H](N)C(=O)Nc1cnn(CC(=O)O)c1. The van der Waals surface area contributed by atoms with Crippen molar-refractivity contribution in [2.45, 2.75) is 19.5 Å². The van der Waals surface area contributed by atoms with Gasteiger partial charge >= 0.3 is 5.97 Å². The Hall–Kier alpha value is -1.89. The molecular formula is C8H12N4O3. The van der Waals surface area contributed by atoms with Crippen LogP contribution in [0.15, 0.2) is 12.4 Å². The molecule has 0 aromatic carbocycles. The number of aliphatic carboxylic acids is 1. The van der Waals surface area contributed by atoms with Gasteiger partial charge in [-0.25, -0.2) is 0 Å². The molecule has 1 aromatic rings. The molecule has 4 N–H and O–H groups in total. The third kappa shape index (κ3) is 3.39. The second-order valence-corrected chi connectivity index (χ2v) is 3.10. The van der Waals surface area contributed by atoms with Crippen molar-refractivity contribution in [2.24, 2.45) is 5.73 Å². The molecule has 0 bridgehead atoms. The minimum absolute atomic E-state index is 0.242. The Morgan fingerprint density at radius 2 is 2.40 bits per heavy atom. The van der Waals surface area contributed by atoms with Crippen molar-refractivity contribution in [3.63, 3.8) is 0 Å². The number of carbonyl (C=O) groups excluding carboxylic acids is 1. The number of nitrogens with two attached hydrogens (primary N) is 1. The lowest BCUT2D eigenvalue weighted by Gasteiger charge is -2.04. The lowest BCUT2D eigenvalue weighted by Crippen LogP contribution is -2.32. The molecule has 1 heterocycles. The molecule has 0 aliphatic rings. The zero-order chi connectivity index (χ0) is 11.4. The van der Waals surface area contributed by atoms with Crippen LogP contribution in [0.5, 0.6) is 0 Å². The molecule has 1 atom stereocenters. The Balaban J connectivity index is 2.60. The van der Waals surface area contributed by atoms with Gasteiger partial charge < -0.3 is 16.2 Å². The highest BCUT2D eigenvalue weighted by Gasteiger charge is 2.09. The number of amides is 1. The molecule has 7 nitrogen and oxygen atoms in total. The van der Waals surface area contributed by atoms with Crippen molar-refractivity contribution in [2.75, 3.05) is 5.32 Å². The molecule has 0 saturated carbocycles. The van der Waals surface area contributed by atoms with Crippen molar-refractivity contribution in [3.8, 4) is 0 Å². The van der Waals surface area contributed by atoms with Crippen LogP contribution in [-0.4, -0.2) is 32.8 Å². The van der Waals surface area contributed by atoms with Gasteiger partial charge in [0.05, 0.1) is 17.9 Å². The van der Waals surface area contributed by atoms with Gasteiger partial charge in [-0.2, -0.15) is 5.10 Å². The fourth-order valence-electron chi connectivity index (χ4n) is 0.909. The first kappa shape index (κ1) is 11.2. The molecule has 15 heavy (non-hydrogen) atoms. The van der Waals surface area contributed by atoms with Crippen molar-refractivity contribution >= 4 is 17.6 Å². The summed E-state index contributed by atoms with van der Waals surface area (Å²) in [4.78, 5) is 21.5. The van der Waals surface area contributed by atoms with E-state index in [1.165, 1.54) is 17.1 Å². The Morgan fingerprint density at radius 3 is 2.93 bits per heavy atom. The van der Waals surface area contributed by atoms with Gasteiger partial charge in [0.1, 0.15) is 6.54 Å². The molecule has 0 aliphatic heterocycles. The van der Waals surface area contributed by atoms with Crippen LogP contribution in [0.4, 0.5) is 5.69 Å². The van der Waals surface area contributed by atoms with Crippen LogP contribution in [0.2, 0.25) is 0 Å². The van der Waals surface area contributed by atoms with Crippen LogP contribution in [0.1, 0.15) is 6.92 Å². The number of aromatic nitrogens is 2. The Labute approximate surface area is 85.9 Å². The summed E-state index contributed by atoms with van der Waals surface area (Å²) in [5.41, 5.74) is 5.77. The molecule has 0 fully saturated rings. The summed E-state index contributed by atoms with van der Waals surface area (Å²) in [6.07, 6.45) is 2.79. The zero-order valence-electron chi connectivity index (χ0n) is 8.17. The average Bonchev–Trinajstić information content (AvgIpc) is 2.51. The summed E-state index contributed by atoms with van der Waals surface area (Å²) in [6, 6.07) is -0.618. The van der Waals surface area contributed by atoms with E-state index in [0.717, 1.165) is 0 Å². The molecule has 1 aromatic heterocycles. The molecule has 82 valence electrons. The Kier molecular flexibility index (Phi) is 3.40. The number of nitrogens with zero attached hydrogens (tertiary/aromatic N) is 2. The largest absolute Gasteiger partial charge is 0.480 e. The highest BCUT2D eigenvalue weighted by atomic mass is 16.4. The van der Waals surface area contributed by atoms with E-state index < -0.39 is 12.0 Å². The van der Waals surface area contributed by atoms with Gasteiger partial charge in [0.2, 0.25) is 5.91 Å². The monoisotopic (exact) mass is 212 g/mol. The van der Waals surface area contributed by atoms with E-state index in [9.17, 15) is 9.59 Å². The average molecular weight is 212 g/mol. The van der Waals surface area contributed by atoms with Crippen molar-refractivity contribution in [1.29, 1.82) is 0 Å². The first-order valence-electron chi connectivity index (χ1n) is 4.29. The Bertz CT molecular complexity index is 372. The van der Waals surface area contributed by atoms with Gasteiger partial charge in [-0.05, 0) is 6.92 Å². The normalized spacial score (nSPS) is 12.1. The fourth-order valence-corrected chi connectivity index (χ4v) is 0.909. The minimum atomic E-state index is -0.997. The van der Waals surface area contributed by atoms with Crippen molar-refractivity contribution < 1.29 is 14.7 Å². The van der Waals surface area contributed by atoms with Gasteiger partial charge in [-0.15, -0.1) is 0 Å². The standard InChI is InChI=1S/C8H12N4O3/c1-5(9)8(15)11-6-2-10-12(3-6)4-7(13)14/h2-3,5H,4,9H2,1H3,(H,11,15)(H,13,14)/t5-/m1/s1. The summed E-state index contributed by atoms with van der Waals surface area (Å²) in [6.45, 7) is 1.31. The predicted octanol–water partition coefficient (Wildman–Crippen LogP) is -0.747. The van der Waals surface area contributed by atoms with E-state index in [0.29, 0.717) is 5.69 Å². The summed E-state index contributed by atoms with van der Waals surface area (Å²) in [7, 11) is 0. The number of rotatable bonds is 4. The minimum Gasteiger partial charge on any atom is -0.480 e. The molecule has 1 amide bonds. The molecule has 0 radical (unpaired) electrons. The van der Waals surface area contributed by atoms with Crippen LogP contribution < -0.4 is 11.1 Å². The molecule has 0 unspecified atom stereocenters. The third-order valence-electron chi connectivity index (χ3n) is 1.61. The quantitative estimate of drug-likeness (QED) is 0.608. The number of carboxylic acid groups (broad SMARTS) is 1. The summed E-state index contributed by atoms with van der Waals surface area (Å²) in [5, 5.41) is 14.7. The summed E-state index contributed by atoms with van der Waals surface area (Å²) >= 11 is 0. The number of carbonyl (C=O) groups is 2. The molecule has 1 rings (SSSR count). The van der Waals surface area contributed by atoms with Crippen LogP contribution >= 0.6 is 0 Å². The first-order chi connectivity index (χ1) is 6.99. The maximum Gasteiger partial charge on any atom is 0.325 e. The lowest BCUT2D eigenvalue weighted by atomic mass is 10.3. The summed E-state index contributed by atoms with van der Waals surface area (Å²) < 4.78 is 1.21. The smallest absolute Gasteiger partial charge is 0.325 e. The highest BCUT2D eigenvalue weighted by molar-refractivity contribution is 5.94. The zero-order valence-corrected chi connectivity index (χ0v) is 8.17. The van der Waals surface area contributed by atoms with Crippen LogP contribution in [0.25, 0.3) is 0 Å². The van der Waals surface area contributed by atoms with Crippen LogP contribution in [0, 0.1) is 0 Å². The number of carboxylic acids is 1. The van der Waals surface area contributed by atoms with Crippen LogP contribution in [0.3, 0.4) is 0 Å².